The van der Waals surface area contributed by atoms with Gasteiger partial charge in [0.05, 0.1) is 5.92 Å². The SMILES string of the molecule is CC(=O)C1=C(C)OC(F)=C(C(=O)O)C1c1ccc2ccccc2c1. The maximum absolute atomic E-state index is 14.2. The number of carbonyl (C=O) groups is 2. The Kier molecular flexibility index (Phi) is 3.93. The molecular weight excluding hydrogens is 311 g/mol. The number of hydrogen-bond acceptors (Lipinski definition) is 3. The first-order valence-electron chi connectivity index (χ1n) is 7.41. The number of halogens is 1. The van der Waals surface area contributed by atoms with E-state index >= 15 is 0 Å². The number of hydrogen-bond donors (Lipinski definition) is 1. The minimum atomic E-state index is -1.45. The molecule has 0 spiro atoms. The fourth-order valence-corrected chi connectivity index (χ4v) is 3.08. The summed E-state index contributed by atoms with van der Waals surface area (Å²) >= 11 is 0. The lowest BCUT2D eigenvalue weighted by atomic mass is 9.81. The first-order chi connectivity index (χ1) is 11.4. The summed E-state index contributed by atoms with van der Waals surface area (Å²) in [6.07, 6.45) is 0. The van der Waals surface area contributed by atoms with E-state index in [1.54, 1.807) is 12.1 Å². The lowest BCUT2D eigenvalue weighted by molar-refractivity contribution is -0.133. The van der Waals surface area contributed by atoms with Gasteiger partial charge in [-0.2, -0.15) is 4.39 Å². The summed E-state index contributed by atoms with van der Waals surface area (Å²) in [5.74, 6) is -2.71. The molecule has 2 aromatic carbocycles. The minimum Gasteiger partial charge on any atom is -0.478 e. The van der Waals surface area contributed by atoms with Gasteiger partial charge in [0.1, 0.15) is 11.3 Å². The summed E-state index contributed by atoms with van der Waals surface area (Å²) in [7, 11) is 0. The molecule has 1 aliphatic heterocycles. The van der Waals surface area contributed by atoms with Gasteiger partial charge in [0.2, 0.25) is 0 Å². The Bertz CT molecular complexity index is 888. The Balaban J connectivity index is 2.26. The zero-order valence-corrected chi connectivity index (χ0v) is 13.2. The molecular formula is C19H15FO4. The molecule has 5 heteroatoms. The Morgan fingerprint density at radius 2 is 1.75 bits per heavy atom. The van der Waals surface area contributed by atoms with Gasteiger partial charge in [-0.25, -0.2) is 4.79 Å². The number of fused-ring (bicyclic) bond motifs is 1. The van der Waals surface area contributed by atoms with Crippen molar-refractivity contribution in [3.63, 3.8) is 0 Å². The fourth-order valence-electron chi connectivity index (χ4n) is 3.08. The van der Waals surface area contributed by atoms with Crippen molar-refractivity contribution in [2.45, 2.75) is 19.8 Å². The van der Waals surface area contributed by atoms with E-state index in [0.29, 0.717) is 5.56 Å². The smallest absolute Gasteiger partial charge is 0.338 e. The van der Waals surface area contributed by atoms with Crippen LogP contribution in [0.1, 0.15) is 25.3 Å². The van der Waals surface area contributed by atoms with Crippen molar-refractivity contribution in [2.75, 3.05) is 0 Å². The van der Waals surface area contributed by atoms with Gasteiger partial charge in [0.25, 0.3) is 6.01 Å². The number of carboxylic acid groups (broad SMARTS) is 1. The number of allylic oxidation sites excluding steroid dienone is 2. The molecule has 0 aliphatic carbocycles. The molecule has 4 nitrogen and oxygen atoms in total. The number of ether oxygens (including phenoxy) is 1. The molecule has 3 rings (SSSR count). The van der Waals surface area contributed by atoms with Crippen LogP contribution in [0, 0.1) is 0 Å². The summed E-state index contributed by atoms with van der Waals surface area (Å²) in [4.78, 5) is 23.6. The highest BCUT2D eigenvalue weighted by atomic mass is 19.1. The number of carboxylic acids is 1. The fraction of sp³-hybridized carbons (Fsp3) is 0.158. The molecule has 1 aliphatic rings. The van der Waals surface area contributed by atoms with Gasteiger partial charge < -0.3 is 9.84 Å². The van der Waals surface area contributed by atoms with Crippen molar-refractivity contribution in [1.82, 2.24) is 0 Å². The van der Waals surface area contributed by atoms with Gasteiger partial charge in [-0.1, -0.05) is 42.5 Å². The van der Waals surface area contributed by atoms with E-state index in [1.807, 2.05) is 30.3 Å². The second-order valence-corrected chi connectivity index (χ2v) is 5.66. The summed E-state index contributed by atoms with van der Waals surface area (Å²) in [6.45, 7) is 2.78. The number of benzene rings is 2. The van der Waals surface area contributed by atoms with Gasteiger partial charge in [-0.3, -0.25) is 4.79 Å². The van der Waals surface area contributed by atoms with Crippen LogP contribution >= 0.6 is 0 Å². The quantitative estimate of drug-likeness (QED) is 0.923. The van der Waals surface area contributed by atoms with Crippen LogP contribution in [0.4, 0.5) is 4.39 Å². The molecule has 1 N–H and O–H groups in total. The lowest BCUT2D eigenvalue weighted by Crippen LogP contribution is -2.24. The average Bonchev–Trinajstić information content (AvgIpc) is 2.52. The average molecular weight is 326 g/mol. The largest absolute Gasteiger partial charge is 0.478 e. The molecule has 0 aromatic heterocycles. The molecule has 0 fully saturated rings. The van der Waals surface area contributed by atoms with Gasteiger partial charge in [0.15, 0.2) is 5.78 Å². The summed E-state index contributed by atoms with van der Waals surface area (Å²) in [5, 5.41) is 11.3. The Labute approximate surface area is 137 Å². The molecule has 0 bridgehead atoms. The molecule has 1 heterocycles. The molecule has 24 heavy (non-hydrogen) atoms. The monoisotopic (exact) mass is 326 g/mol. The lowest BCUT2D eigenvalue weighted by Gasteiger charge is -2.26. The van der Waals surface area contributed by atoms with E-state index in [-0.39, 0.29) is 17.1 Å². The van der Waals surface area contributed by atoms with Crippen LogP contribution in [0.5, 0.6) is 0 Å². The van der Waals surface area contributed by atoms with Crippen LogP contribution in [0.15, 0.2) is 65.4 Å². The maximum atomic E-state index is 14.2. The van der Waals surface area contributed by atoms with Crippen molar-refractivity contribution in [3.05, 3.63) is 70.9 Å². The molecule has 2 aromatic rings. The Morgan fingerprint density at radius 3 is 2.38 bits per heavy atom. The topological polar surface area (TPSA) is 63.6 Å². The highest BCUT2D eigenvalue weighted by molar-refractivity contribution is 6.01. The van der Waals surface area contributed by atoms with Crippen molar-refractivity contribution in [3.8, 4) is 0 Å². The standard InChI is InChI=1S/C19H15FO4/c1-10(21)15-11(2)24-18(20)17(19(22)23)16(15)14-8-7-12-5-3-4-6-13(12)9-14/h3-9,16H,1-2H3,(H,22,23). The number of Topliss-reactive ketones (excluding diaryl/α,β-unsaturated/α-hetero) is 1. The van der Waals surface area contributed by atoms with Crippen LogP contribution in [0.25, 0.3) is 10.8 Å². The molecule has 122 valence electrons. The summed E-state index contributed by atoms with van der Waals surface area (Å²) in [6, 6.07) is 11.7. The van der Waals surface area contributed by atoms with Crippen LogP contribution in [-0.2, 0) is 14.3 Å². The van der Waals surface area contributed by atoms with E-state index < -0.39 is 23.5 Å². The summed E-state index contributed by atoms with van der Waals surface area (Å²) in [5.41, 5.74) is 0.138. The number of aliphatic carboxylic acids is 1. The molecule has 0 saturated heterocycles. The molecule has 1 atom stereocenters. The van der Waals surface area contributed by atoms with E-state index in [4.69, 9.17) is 4.74 Å². The van der Waals surface area contributed by atoms with E-state index in [2.05, 4.69) is 0 Å². The van der Waals surface area contributed by atoms with Crippen molar-refractivity contribution < 1.29 is 23.8 Å². The zero-order chi connectivity index (χ0) is 17.4. The van der Waals surface area contributed by atoms with Crippen LogP contribution < -0.4 is 0 Å². The second-order valence-electron chi connectivity index (χ2n) is 5.66. The third-order valence-corrected chi connectivity index (χ3v) is 4.13. The molecule has 0 saturated carbocycles. The van der Waals surface area contributed by atoms with Gasteiger partial charge in [0, 0.05) is 5.57 Å². The van der Waals surface area contributed by atoms with Crippen LogP contribution in [-0.4, -0.2) is 16.9 Å². The Hall–Kier alpha value is -2.95. The minimum absolute atomic E-state index is 0.0863. The van der Waals surface area contributed by atoms with Gasteiger partial charge in [-0.05, 0) is 30.2 Å². The van der Waals surface area contributed by atoms with Gasteiger partial charge in [-0.15, -0.1) is 0 Å². The third kappa shape index (κ3) is 2.58. The van der Waals surface area contributed by atoms with Crippen LogP contribution in [0.2, 0.25) is 0 Å². The van der Waals surface area contributed by atoms with Crippen molar-refractivity contribution >= 4 is 22.5 Å². The van der Waals surface area contributed by atoms with Crippen molar-refractivity contribution in [1.29, 1.82) is 0 Å². The first kappa shape index (κ1) is 15.9. The number of ketones is 1. The van der Waals surface area contributed by atoms with Crippen LogP contribution in [0.3, 0.4) is 0 Å². The summed E-state index contributed by atoms with van der Waals surface area (Å²) < 4.78 is 19.0. The van der Waals surface area contributed by atoms with Gasteiger partial charge >= 0.3 is 5.97 Å². The van der Waals surface area contributed by atoms with E-state index in [9.17, 15) is 19.1 Å². The molecule has 1 unspecified atom stereocenters. The zero-order valence-electron chi connectivity index (χ0n) is 13.2. The highest BCUT2D eigenvalue weighted by Crippen LogP contribution is 2.41. The number of carbonyl (C=O) groups excluding carboxylic acids is 1. The predicted molar refractivity (Wildman–Crippen MR) is 86.9 cm³/mol. The predicted octanol–water partition coefficient (Wildman–Crippen LogP) is 4.08. The third-order valence-electron chi connectivity index (χ3n) is 4.13. The highest BCUT2D eigenvalue weighted by Gasteiger charge is 2.38. The van der Waals surface area contributed by atoms with E-state index in [1.165, 1.54) is 13.8 Å². The van der Waals surface area contributed by atoms with Crippen molar-refractivity contribution in [2.24, 2.45) is 0 Å². The second kappa shape index (κ2) is 5.92. The number of rotatable bonds is 3. The normalized spacial score (nSPS) is 17.9. The Morgan fingerprint density at radius 1 is 1.08 bits per heavy atom. The molecule has 0 amide bonds. The molecule has 0 radical (unpaired) electrons. The van der Waals surface area contributed by atoms with E-state index in [0.717, 1.165) is 10.8 Å². The first-order valence-corrected chi connectivity index (χ1v) is 7.41. The maximum Gasteiger partial charge on any atom is 0.338 e.